The van der Waals surface area contributed by atoms with Crippen LogP contribution in [0.3, 0.4) is 0 Å². The number of nitrogens with one attached hydrogen (secondary N) is 3. The summed E-state index contributed by atoms with van der Waals surface area (Å²) < 4.78 is 5.08. The molecule has 10 nitrogen and oxygen atoms in total. The van der Waals surface area contributed by atoms with Gasteiger partial charge in [-0.05, 0) is 30.3 Å². The van der Waals surface area contributed by atoms with Crippen molar-refractivity contribution < 1.29 is 23.9 Å². The Morgan fingerprint density at radius 2 is 2.07 bits per heavy atom. The number of nitrogens with two attached hydrogens (primary N) is 1. The fraction of sp³-hybridized carbons (Fsp3) is 0.176. The number of furan rings is 1. The highest BCUT2D eigenvalue weighted by Gasteiger charge is 2.21. The Labute approximate surface area is 154 Å². The lowest BCUT2D eigenvalue weighted by atomic mass is 10.1. The highest BCUT2D eigenvalue weighted by atomic mass is 16.4. The monoisotopic (exact) mass is 373 g/mol. The van der Waals surface area contributed by atoms with Crippen molar-refractivity contribution in [2.45, 2.75) is 12.5 Å². The molecule has 0 aliphatic carbocycles. The van der Waals surface area contributed by atoms with Crippen molar-refractivity contribution >= 4 is 29.8 Å². The summed E-state index contributed by atoms with van der Waals surface area (Å²) >= 11 is 0. The van der Waals surface area contributed by atoms with Gasteiger partial charge >= 0.3 is 5.97 Å². The molecule has 0 radical (unpaired) electrons. The second kappa shape index (κ2) is 9.61. The molecule has 0 spiro atoms. The number of carbonyl (C=O) groups excluding carboxylic acids is 2. The Kier molecular flexibility index (Phi) is 6.94. The van der Waals surface area contributed by atoms with Crippen molar-refractivity contribution in [2.24, 2.45) is 10.9 Å². The van der Waals surface area contributed by atoms with Crippen LogP contribution >= 0.6 is 0 Å². The van der Waals surface area contributed by atoms with Crippen molar-refractivity contribution in [1.82, 2.24) is 10.6 Å². The zero-order valence-corrected chi connectivity index (χ0v) is 14.2. The van der Waals surface area contributed by atoms with E-state index >= 15 is 0 Å². The summed E-state index contributed by atoms with van der Waals surface area (Å²) in [6, 6.07) is 8.53. The Morgan fingerprint density at radius 3 is 2.74 bits per heavy atom. The normalized spacial score (nSPS) is 11.7. The molecule has 1 aromatic heterocycles. The van der Waals surface area contributed by atoms with Gasteiger partial charge in [0.15, 0.2) is 0 Å². The number of hydrogen-bond donors (Lipinski definition) is 5. The minimum atomic E-state index is -1.20. The predicted octanol–water partition coefficient (Wildman–Crippen LogP) is 0.135. The van der Waals surface area contributed by atoms with E-state index in [-0.39, 0.29) is 13.0 Å². The van der Waals surface area contributed by atoms with Gasteiger partial charge in [-0.25, -0.2) is 4.79 Å². The van der Waals surface area contributed by atoms with Crippen LogP contribution in [0.25, 0.3) is 0 Å². The first-order chi connectivity index (χ1) is 13.0. The molecule has 10 heteroatoms. The Hall–Kier alpha value is -3.82. The molecule has 142 valence electrons. The average molecular weight is 373 g/mol. The first kappa shape index (κ1) is 19.5. The van der Waals surface area contributed by atoms with Crippen molar-refractivity contribution in [3.63, 3.8) is 0 Å². The van der Waals surface area contributed by atoms with E-state index < -0.39 is 23.8 Å². The number of aliphatic carboxylic acids is 1. The molecule has 0 saturated heterocycles. The standard InChI is InChI=1S/C17H19N5O5/c18-21-10-20-12-4-1-3-11(7-12)16(24)19-9-15(23)22-14(17(25)26)8-13-5-2-6-27-13/h1-7,10,14H,8-9,18H2,(H,19,24)(H,20,21)(H,22,23)(H,25,26). The van der Waals surface area contributed by atoms with Crippen molar-refractivity contribution in [3.05, 3.63) is 54.0 Å². The summed E-state index contributed by atoms with van der Waals surface area (Å²) in [4.78, 5) is 35.4. The lowest BCUT2D eigenvalue weighted by Crippen LogP contribution is -2.46. The third-order valence-electron chi connectivity index (χ3n) is 3.46. The van der Waals surface area contributed by atoms with Gasteiger partial charge in [-0.15, -0.1) is 0 Å². The highest BCUT2D eigenvalue weighted by molar-refractivity contribution is 5.98. The number of hydrazone groups is 1. The Balaban J connectivity index is 1.88. The van der Waals surface area contributed by atoms with E-state index in [0.717, 1.165) is 0 Å². The Morgan fingerprint density at radius 1 is 1.26 bits per heavy atom. The lowest BCUT2D eigenvalue weighted by Gasteiger charge is -2.14. The molecule has 1 aromatic carbocycles. The van der Waals surface area contributed by atoms with Crippen molar-refractivity contribution in [2.75, 3.05) is 11.9 Å². The molecule has 0 aliphatic rings. The maximum atomic E-state index is 12.1. The molecular formula is C17H19N5O5. The molecule has 2 rings (SSSR count). The van der Waals surface area contributed by atoms with E-state index in [0.29, 0.717) is 17.0 Å². The van der Waals surface area contributed by atoms with Gasteiger partial charge in [0, 0.05) is 17.7 Å². The molecule has 0 saturated carbocycles. The zero-order chi connectivity index (χ0) is 19.6. The predicted molar refractivity (Wildman–Crippen MR) is 97.1 cm³/mol. The van der Waals surface area contributed by atoms with Crippen molar-refractivity contribution in [3.8, 4) is 0 Å². The molecule has 0 fully saturated rings. The van der Waals surface area contributed by atoms with Gasteiger partial charge in [-0.3, -0.25) is 9.59 Å². The topological polar surface area (TPSA) is 159 Å². The number of benzene rings is 1. The first-order valence-corrected chi connectivity index (χ1v) is 7.90. The van der Waals surface area contributed by atoms with Crippen LogP contribution in [-0.4, -0.2) is 41.8 Å². The Bertz CT molecular complexity index is 819. The number of rotatable bonds is 9. The van der Waals surface area contributed by atoms with Crippen LogP contribution in [0.1, 0.15) is 16.1 Å². The van der Waals surface area contributed by atoms with E-state index in [4.69, 9.17) is 10.3 Å². The van der Waals surface area contributed by atoms with E-state index in [1.54, 1.807) is 36.4 Å². The molecule has 0 bridgehead atoms. The summed E-state index contributed by atoms with van der Waals surface area (Å²) in [6.45, 7) is -0.372. The number of hydrogen-bond acceptors (Lipinski definition) is 6. The van der Waals surface area contributed by atoms with Gasteiger partial charge in [-0.1, -0.05) is 6.07 Å². The maximum absolute atomic E-state index is 12.1. The van der Waals surface area contributed by atoms with Gasteiger partial charge in [0.25, 0.3) is 5.91 Å². The molecule has 0 aliphatic heterocycles. The minimum Gasteiger partial charge on any atom is -0.480 e. The average Bonchev–Trinajstić information content (AvgIpc) is 3.17. The maximum Gasteiger partial charge on any atom is 0.326 e. The smallest absolute Gasteiger partial charge is 0.326 e. The van der Waals surface area contributed by atoms with Gasteiger partial charge in [0.2, 0.25) is 5.91 Å². The van der Waals surface area contributed by atoms with Crippen LogP contribution < -0.4 is 21.8 Å². The zero-order valence-electron chi connectivity index (χ0n) is 14.2. The van der Waals surface area contributed by atoms with E-state index in [9.17, 15) is 19.5 Å². The summed E-state index contributed by atoms with van der Waals surface area (Å²) in [5, 5.41) is 20.0. The molecule has 1 heterocycles. The quantitative estimate of drug-likeness (QED) is 0.181. The molecule has 2 amide bonds. The van der Waals surface area contributed by atoms with Crippen LogP contribution in [0.15, 0.2) is 52.2 Å². The molecule has 2 aromatic rings. The molecule has 6 N–H and O–H groups in total. The number of anilines is 1. The van der Waals surface area contributed by atoms with E-state index in [1.807, 2.05) is 0 Å². The summed E-state index contributed by atoms with van der Waals surface area (Å²) in [5.74, 6) is 3.10. The fourth-order valence-electron chi connectivity index (χ4n) is 2.20. The van der Waals surface area contributed by atoms with Crippen LogP contribution in [0.4, 0.5) is 5.69 Å². The lowest BCUT2D eigenvalue weighted by molar-refractivity contribution is -0.141. The first-order valence-electron chi connectivity index (χ1n) is 7.90. The fourth-order valence-corrected chi connectivity index (χ4v) is 2.20. The number of carboxylic acids is 1. The highest BCUT2D eigenvalue weighted by Crippen LogP contribution is 2.09. The summed E-state index contributed by atoms with van der Waals surface area (Å²) in [6.07, 6.45) is 2.67. The van der Waals surface area contributed by atoms with Crippen LogP contribution in [0.2, 0.25) is 0 Å². The van der Waals surface area contributed by atoms with Gasteiger partial charge < -0.3 is 31.3 Å². The third-order valence-corrected chi connectivity index (χ3v) is 3.46. The van der Waals surface area contributed by atoms with Crippen LogP contribution in [0, 0.1) is 0 Å². The second-order valence-corrected chi connectivity index (χ2v) is 5.43. The number of amides is 2. The number of nitrogens with zero attached hydrogens (tertiary/aromatic N) is 1. The van der Waals surface area contributed by atoms with Crippen molar-refractivity contribution in [1.29, 1.82) is 0 Å². The summed E-state index contributed by atoms with van der Waals surface area (Å²) in [7, 11) is 0. The minimum absolute atomic E-state index is 0.00156. The molecule has 1 atom stereocenters. The van der Waals surface area contributed by atoms with Crippen LogP contribution in [0.5, 0.6) is 0 Å². The molecule has 27 heavy (non-hydrogen) atoms. The van der Waals surface area contributed by atoms with Gasteiger partial charge in [0.05, 0.1) is 12.8 Å². The summed E-state index contributed by atoms with van der Waals surface area (Å²) in [5.41, 5.74) is 0.897. The van der Waals surface area contributed by atoms with E-state index in [2.05, 4.69) is 21.1 Å². The second-order valence-electron chi connectivity index (χ2n) is 5.43. The molecular weight excluding hydrogens is 354 g/mol. The SMILES string of the molecule is NN=CNc1cccc(C(=O)NCC(=O)NC(Cc2ccco2)C(=O)O)c1. The molecule has 1 unspecified atom stereocenters. The number of carboxylic acid groups (broad SMARTS) is 1. The third kappa shape index (κ3) is 6.20. The largest absolute Gasteiger partial charge is 0.480 e. The number of carbonyl (C=O) groups is 3. The van der Waals surface area contributed by atoms with Gasteiger partial charge in [-0.2, -0.15) is 5.10 Å². The van der Waals surface area contributed by atoms with E-state index in [1.165, 1.54) is 12.6 Å². The van der Waals surface area contributed by atoms with Crippen LogP contribution in [-0.2, 0) is 16.0 Å². The van der Waals surface area contributed by atoms with Gasteiger partial charge in [0.1, 0.15) is 18.1 Å².